The van der Waals surface area contributed by atoms with Crippen LogP contribution in [0.5, 0.6) is 0 Å². The van der Waals surface area contributed by atoms with Crippen molar-refractivity contribution in [3.8, 4) is 0 Å². The molecule has 1 aromatic rings. The fourth-order valence-electron chi connectivity index (χ4n) is 1.37. The Morgan fingerprint density at radius 1 is 1.17 bits per heavy atom. The first-order chi connectivity index (χ1) is 8.59. The van der Waals surface area contributed by atoms with Crippen molar-refractivity contribution in [2.75, 3.05) is 13.1 Å². The van der Waals surface area contributed by atoms with Gasteiger partial charge in [0.1, 0.15) is 0 Å². The highest BCUT2D eigenvalue weighted by molar-refractivity contribution is 5.93. The lowest BCUT2D eigenvalue weighted by Crippen LogP contribution is -2.26. The van der Waals surface area contributed by atoms with Gasteiger partial charge >= 0.3 is 0 Å². The molecular formula is C12H17N3O3. The van der Waals surface area contributed by atoms with Crippen LogP contribution in [0.3, 0.4) is 0 Å². The van der Waals surface area contributed by atoms with E-state index >= 15 is 0 Å². The lowest BCUT2D eigenvalue weighted by Gasteiger charge is -2.05. The number of hydrogen-bond acceptors (Lipinski definition) is 3. The van der Waals surface area contributed by atoms with Gasteiger partial charge in [-0.1, -0.05) is 0 Å². The molecule has 98 valence electrons. The molecule has 0 fully saturated rings. The van der Waals surface area contributed by atoms with E-state index in [4.69, 9.17) is 0 Å². The highest BCUT2D eigenvalue weighted by Gasteiger charge is 2.03. The second kappa shape index (κ2) is 7.26. The van der Waals surface area contributed by atoms with E-state index in [1.165, 1.54) is 25.3 Å². The van der Waals surface area contributed by atoms with E-state index in [0.717, 1.165) is 12.8 Å². The summed E-state index contributed by atoms with van der Waals surface area (Å²) in [5, 5.41) is 5.41. The molecule has 0 bridgehead atoms. The van der Waals surface area contributed by atoms with E-state index in [2.05, 4.69) is 15.6 Å². The first kappa shape index (κ1) is 14.0. The zero-order chi connectivity index (χ0) is 13.4. The van der Waals surface area contributed by atoms with Crippen LogP contribution in [0.25, 0.3) is 0 Å². The van der Waals surface area contributed by atoms with Gasteiger partial charge < -0.3 is 15.6 Å². The molecule has 0 aromatic carbocycles. The summed E-state index contributed by atoms with van der Waals surface area (Å²) in [7, 11) is 0. The number of unbranched alkanes of at least 4 members (excludes halogenated alkanes) is 1. The summed E-state index contributed by atoms with van der Waals surface area (Å²) in [4.78, 5) is 35.4. The van der Waals surface area contributed by atoms with E-state index in [-0.39, 0.29) is 17.4 Å². The van der Waals surface area contributed by atoms with Crippen molar-refractivity contribution in [1.29, 1.82) is 0 Å². The molecule has 0 spiro atoms. The van der Waals surface area contributed by atoms with Crippen LogP contribution in [-0.2, 0) is 4.79 Å². The van der Waals surface area contributed by atoms with Crippen molar-refractivity contribution in [3.63, 3.8) is 0 Å². The molecule has 1 aromatic heterocycles. The molecule has 0 unspecified atom stereocenters. The summed E-state index contributed by atoms with van der Waals surface area (Å²) in [6, 6.07) is 2.79. The molecular weight excluding hydrogens is 234 g/mol. The molecule has 1 heterocycles. The number of carbonyl (C=O) groups is 2. The van der Waals surface area contributed by atoms with Crippen molar-refractivity contribution < 1.29 is 9.59 Å². The molecule has 0 radical (unpaired) electrons. The first-order valence-corrected chi connectivity index (χ1v) is 5.81. The lowest BCUT2D eigenvalue weighted by atomic mass is 10.2. The fourth-order valence-corrected chi connectivity index (χ4v) is 1.37. The SMILES string of the molecule is CC(=O)NCCCCNC(=O)c1ccc(=O)[nH]c1. The van der Waals surface area contributed by atoms with Gasteiger partial charge in [-0.05, 0) is 18.9 Å². The average Bonchev–Trinajstić information content (AvgIpc) is 2.34. The van der Waals surface area contributed by atoms with Crippen LogP contribution in [0.4, 0.5) is 0 Å². The van der Waals surface area contributed by atoms with E-state index in [9.17, 15) is 14.4 Å². The molecule has 18 heavy (non-hydrogen) atoms. The third-order valence-electron chi connectivity index (χ3n) is 2.31. The Hall–Kier alpha value is -2.11. The Labute approximate surface area is 105 Å². The number of H-pyrrole nitrogens is 1. The van der Waals surface area contributed by atoms with Gasteiger partial charge in [0.15, 0.2) is 0 Å². The van der Waals surface area contributed by atoms with Crippen molar-refractivity contribution in [1.82, 2.24) is 15.6 Å². The topological polar surface area (TPSA) is 91.1 Å². The van der Waals surface area contributed by atoms with E-state index < -0.39 is 0 Å². The Balaban J connectivity index is 2.19. The largest absolute Gasteiger partial charge is 0.356 e. The number of amides is 2. The molecule has 0 saturated heterocycles. The van der Waals surface area contributed by atoms with Crippen molar-refractivity contribution in [2.45, 2.75) is 19.8 Å². The summed E-state index contributed by atoms with van der Waals surface area (Å²) in [6.45, 7) is 2.62. The summed E-state index contributed by atoms with van der Waals surface area (Å²) >= 11 is 0. The Bertz CT molecular complexity index is 447. The molecule has 0 saturated carbocycles. The second-order valence-electron chi connectivity index (χ2n) is 3.89. The number of pyridine rings is 1. The average molecular weight is 251 g/mol. The van der Waals surface area contributed by atoms with Crippen molar-refractivity contribution in [3.05, 3.63) is 34.2 Å². The molecule has 6 nitrogen and oxygen atoms in total. The molecule has 0 aliphatic carbocycles. The predicted octanol–water partition coefficient (Wildman–Crippen LogP) is 0.0210. The maximum atomic E-state index is 11.6. The standard InChI is InChI=1S/C12H17N3O3/c1-9(16)13-6-2-3-7-14-12(18)10-4-5-11(17)15-8-10/h4-5,8H,2-3,6-7H2,1H3,(H,13,16)(H,14,18)(H,15,17). The summed E-state index contributed by atoms with van der Waals surface area (Å²) in [6.07, 6.45) is 2.98. The summed E-state index contributed by atoms with van der Waals surface area (Å²) < 4.78 is 0. The Morgan fingerprint density at radius 3 is 2.39 bits per heavy atom. The summed E-state index contributed by atoms with van der Waals surface area (Å²) in [5.74, 6) is -0.266. The van der Waals surface area contributed by atoms with Crippen LogP contribution in [0.1, 0.15) is 30.1 Å². The first-order valence-electron chi connectivity index (χ1n) is 5.81. The molecule has 0 atom stereocenters. The minimum atomic E-state index is -0.234. The van der Waals surface area contributed by atoms with Crippen molar-refractivity contribution >= 4 is 11.8 Å². The number of aromatic amines is 1. The second-order valence-corrected chi connectivity index (χ2v) is 3.89. The highest BCUT2D eigenvalue weighted by atomic mass is 16.2. The van der Waals surface area contributed by atoms with Gasteiger partial charge in [-0.15, -0.1) is 0 Å². The zero-order valence-corrected chi connectivity index (χ0v) is 10.3. The van der Waals surface area contributed by atoms with Crippen LogP contribution in [0.15, 0.2) is 23.1 Å². The monoisotopic (exact) mass is 251 g/mol. The van der Waals surface area contributed by atoms with E-state index in [1.54, 1.807) is 0 Å². The highest BCUT2D eigenvalue weighted by Crippen LogP contribution is 1.93. The normalized spacial score (nSPS) is 9.83. The minimum Gasteiger partial charge on any atom is -0.356 e. The van der Waals surface area contributed by atoms with Crippen LogP contribution < -0.4 is 16.2 Å². The molecule has 0 aliphatic heterocycles. The van der Waals surface area contributed by atoms with E-state index in [1.807, 2.05) is 0 Å². The van der Waals surface area contributed by atoms with E-state index in [0.29, 0.717) is 18.7 Å². The molecule has 6 heteroatoms. The number of nitrogens with one attached hydrogen (secondary N) is 3. The maximum Gasteiger partial charge on any atom is 0.252 e. The number of aromatic nitrogens is 1. The quantitative estimate of drug-likeness (QED) is 0.622. The van der Waals surface area contributed by atoms with Crippen molar-refractivity contribution in [2.24, 2.45) is 0 Å². The van der Waals surface area contributed by atoms with Crippen LogP contribution in [0, 0.1) is 0 Å². The number of rotatable bonds is 6. The Morgan fingerprint density at radius 2 is 1.83 bits per heavy atom. The van der Waals surface area contributed by atoms with Crippen LogP contribution in [-0.4, -0.2) is 29.9 Å². The predicted molar refractivity (Wildman–Crippen MR) is 67.3 cm³/mol. The molecule has 2 amide bonds. The van der Waals surface area contributed by atoms with Crippen LogP contribution in [0.2, 0.25) is 0 Å². The zero-order valence-electron chi connectivity index (χ0n) is 10.3. The minimum absolute atomic E-state index is 0.0488. The number of carbonyl (C=O) groups excluding carboxylic acids is 2. The number of hydrogen-bond donors (Lipinski definition) is 3. The third-order valence-corrected chi connectivity index (χ3v) is 2.31. The van der Waals surface area contributed by atoms with Gasteiger partial charge in [-0.25, -0.2) is 0 Å². The maximum absolute atomic E-state index is 11.6. The molecule has 3 N–H and O–H groups in total. The van der Waals surface area contributed by atoms with Gasteiger partial charge in [-0.3, -0.25) is 14.4 Å². The lowest BCUT2D eigenvalue weighted by molar-refractivity contribution is -0.118. The van der Waals surface area contributed by atoms with Crippen LogP contribution >= 0.6 is 0 Å². The molecule has 0 aliphatic rings. The Kier molecular flexibility index (Phi) is 5.63. The van der Waals surface area contributed by atoms with Gasteiger partial charge in [0.25, 0.3) is 5.91 Å². The fraction of sp³-hybridized carbons (Fsp3) is 0.417. The summed E-state index contributed by atoms with van der Waals surface area (Å²) in [5.41, 5.74) is 0.193. The smallest absolute Gasteiger partial charge is 0.252 e. The van der Waals surface area contributed by atoms with Gasteiger partial charge in [0.2, 0.25) is 11.5 Å². The third kappa shape index (κ3) is 5.29. The van der Waals surface area contributed by atoms with Gasteiger partial charge in [-0.2, -0.15) is 0 Å². The van der Waals surface area contributed by atoms with Gasteiger partial charge in [0.05, 0.1) is 5.56 Å². The molecule has 1 rings (SSSR count). The van der Waals surface area contributed by atoms with Gasteiger partial charge in [0, 0.05) is 32.3 Å².